The van der Waals surface area contributed by atoms with Crippen LogP contribution in [0.5, 0.6) is 11.5 Å². The summed E-state index contributed by atoms with van der Waals surface area (Å²) < 4.78 is 37.8. The summed E-state index contributed by atoms with van der Waals surface area (Å²) >= 11 is 0. The van der Waals surface area contributed by atoms with E-state index in [2.05, 4.69) is 4.72 Å². The molecule has 0 saturated carbocycles. The Kier molecular flexibility index (Phi) is 7.33. The molecule has 170 valence electrons. The second kappa shape index (κ2) is 10.2. The van der Waals surface area contributed by atoms with Crippen LogP contribution >= 0.6 is 0 Å². The molecule has 0 aliphatic carbocycles. The Balaban J connectivity index is 1.77. The normalized spacial score (nSPS) is 10.9. The molecule has 9 heteroatoms. The Morgan fingerprint density at radius 3 is 2.52 bits per heavy atom. The van der Waals surface area contributed by atoms with Gasteiger partial charge in [0, 0.05) is 6.54 Å². The number of methoxy groups -OCH3 is 2. The number of ether oxygens (including phenoxy) is 2. The van der Waals surface area contributed by atoms with Crippen LogP contribution in [0.25, 0.3) is 11.1 Å². The zero-order valence-corrected chi connectivity index (χ0v) is 18.8. The summed E-state index contributed by atoms with van der Waals surface area (Å²) in [5.74, 6) is -0.395. The Labute approximate surface area is 192 Å². The molecule has 0 fully saturated rings. The number of aromatic hydroxyl groups is 1. The van der Waals surface area contributed by atoms with Crippen molar-refractivity contribution in [3.8, 4) is 28.7 Å². The SMILES string of the molecule is COC(=O)c1ccccc1-c1ccc(CCNS(=O)(=O)c2cc(C#N)ccc2OC)c(O)c1. The number of carbonyl (C=O) groups excluding carboxylic acids is 1. The Bertz CT molecular complexity index is 1330. The maximum absolute atomic E-state index is 12.7. The summed E-state index contributed by atoms with van der Waals surface area (Å²) in [6.07, 6.45) is 0.213. The maximum Gasteiger partial charge on any atom is 0.338 e. The third-order valence-electron chi connectivity index (χ3n) is 5.00. The molecule has 3 rings (SSSR count). The van der Waals surface area contributed by atoms with E-state index in [9.17, 15) is 18.3 Å². The van der Waals surface area contributed by atoms with Gasteiger partial charge in [0.25, 0.3) is 0 Å². The van der Waals surface area contributed by atoms with Crippen molar-refractivity contribution in [3.05, 3.63) is 77.4 Å². The van der Waals surface area contributed by atoms with Crippen molar-refractivity contribution in [2.24, 2.45) is 0 Å². The quantitative estimate of drug-likeness (QED) is 0.488. The summed E-state index contributed by atoms with van der Waals surface area (Å²) in [7, 11) is -1.30. The van der Waals surface area contributed by atoms with E-state index in [1.165, 1.54) is 38.5 Å². The molecule has 0 spiro atoms. The highest BCUT2D eigenvalue weighted by Gasteiger charge is 2.20. The standard InChI is InChI=1S/C24H22N2O6S/c1-31-22-10-7-16(15-25)13-23(22)33(29,30)26-12-11-17-8-9-18(14-21(17)27)19-5-3-4-6-20(19)24(28)32-2/h3-10,13-14,26-27H,11-12H2,1-2H3. The van der Waals surface area contributed by atoms with Gasteiger partial charge in [0.1, 0.15) is 16.4 Å². The van der Waals surface area contributed by atoms with Crippen LogP contribution in [0, 0.1) is 11.3 Å². The van der Waals surface area contributed by atoms with Crippen molar-refractivity contribution in [1.82, 2.24) is 4.72 Å². The fraction of sp³-hybridized carbons (Fsp3) is 0.167. The highest BCUT2D eigenvalue weighted by Crippen LogP contribution is 2.30. The first kappa shape index (κ1) is 23.8. The number of carbonyl (C=O) groups is 1. The first-order chi connectivity index (χ1) is 15.8. The number of rotatable bonds is 8. The van der Waals surface area contributed by atoms with E-state index in [0.29, 0.717) is 22.3 Å². The van der Waals surface area contributed by atoms with Gasteiger partial charge in [0.05, 0.1) is 31.4 Å². The maximum atomic E-state index is 12.7. The first-order valence-corrected chi connectivity index (χ1v) is 11.4. The molecule has 0 radical (unpaired) electrons. The largest absolute Gasteiger partial charge is 0.508 e. The van der Waals surface area contributed by atoms with Crippen molar-refractivity contribution < 1.29 is 27.8 Å². The Hall–Kier alpha value is -3.87. The highest BCUT2D eigenvalue weighted by molar-refractivity contribution is 7.89. The number of hydrogen-bond acceptors (Lipinski definition) is 7. The molecule has 0 saturated heterocycles. The van der Waals surface area contributed by atoms with Gasteiger partial charge in [0.2, 0.25) is 10.0 Å². The fourth-order valence-electron chi connectivity index (χ4n) is 3.32. The van der Waals surface area contributed by atoms with Crippen LogP contribution < -0.4 is 9.46 Å². The third kappa shape index (κ3) is 5.31. The van der Waals surface area contributed by atoms with Crippen LogP contribution in [0.3, 0.4) is 0 Å². The van der Waals surface area contributed by atoms with E-state index in [1.54, 1.807) is 36.4 Å². The summed E-state index contributed by atoms with van der Waals surface area (Å²) in [6, 6.07) is 17.8. The summed E-state index contributed by atoms with van der Waals surface area (Å²) in [6.45, 7) is 0.00786. The van der Waals surface area contributed by atoms with Crippen molar-refractivity contribution >= 4 is 16.0 Å². The topological polar surface area (TPSA) is 126 Å². The number of phenols is 1. The molecule has 33 heavy (non-hydrogen) atoms. The van der Waals surface area contributed by atoms with E-state index >= 15 is 0 Å². The van der Waals surface area contributed by atoms with Crippen molar-refractivity contribution in [1.29, 1.82) is 5.26 Å². The Morgan fingerprint density at radius 2 is 1.85 bits per heavy atom. The number of nitrogens with zero attached hydrogens (tertiary/aromatic N) is 1. The zero-order valence-electron chi connectivity index (χ0n) is 18.0. The van der Waals surface area contributed by atoms with Gasteiger partial charge in [-0.2, -0.15) is 5.26 Å². The van der Waals surface area contributed by atoms with Gasteiger partial charge in [-0.05, 0) is 53.4 Å². The molecule has 8 nitrogen and oxygen atoms in total. The second-order valence-electron chi connectivity index (χ2n) is 7.01. The van der Waals surface area contributed by atoms with Gasteiger partial charge in [-0.1, -0.05) is 30.3 Å². The lowest BCUT2D eigenvalue weighted by atomic mass is 9.97. The molecule has 0 aliphatic heterocycles. The average molecular weight is 467 g/mol. The van der Waals surface area contributed by atoms with Crippen molar-refractivity contribution in [2.45, 2.75) is 11.3 Å². The highest BCUT2D eigenvalue weighted by atomic mass is 32.2. The lowest BCUT2D eigenvalue weighted by Crippen LogP contribution is -2.26. The second-order valence-corrected chi connectivity index (χ2v) is 8.74. The molecule has 0 bridgehead atoms. The van der Waals surface area contributed by atoms with Crippen LogP contribution in [0.2, 0.25) is 0 Å². The number of phenolic OH excluding ortho intramolecular Hbond substituents is 1. The summed E-state index contributed by atoms with van der Waals surface area (Å²) in [5, 5.41) is 19.5. The van der Waals surface area contributed by atoms with Crippen LogP contribution in [0.4, 0.5) is 0 Å². The predicted molar refractivity (Wildman–Crippen MR) is 121 cm³/mol. The lowest BCUT2D eigenvalue weighted by Gasteiger charge is -2.12. The predicted octanol–water partition coefficient (Wildman–Crippen LogP) is 3.25. The monoisotopic (exact) mass is 466 g/mol. The molecule has 3 aromatic carbocycles. The van der Waals surface area contributed by atoms with E-state index in [0.717, 1.165) is 0 Å². The van der Waals surface area contributed by atoms with Crippen LogP contribution in [-0.2, 0) is 21.2 Å². The van der Waals surface area contributed by atoms with Crippen LogP contribution in [-0.4, -0.2) is 40.3 Å². The van der Waals surface area contributed by atoms with E-state index in [-0.39, 0.29) is 34.9 Å². The third-order valence-corrected chi connectivity index (χ3v) is 6.48. The molecule has 0 aliphatic rings. The number of esters is 1. The number of nitriles is 1. The van der Waals surface area contributed by atoms with Gasteiger partial charge >= 0.3 is 5.97 Å². The van der Waals surface area contributed by atoms with Gasteiger partial charge in [-0.25, -0.2) is 17.9 Å². The van der Waals surface area contributed by atoms with E-state index in [4.69, 9.17) is 14.7 Å². The van der Waals surface area contributed by atoms with Gasteiger partial charge in [-0.3, -0.25) is 0 Å². The summed E-state index contributed by atoms with van der Waals surface area (Å²) in [5.41, 5.74) is 2.31. The molecule has 0 unspecified atom stereocenters. The number of benzene rings is 3. The molecular weight excluding hydrogens is 444 g/mol. The number of sulfonamides is 1. The molecule has 3 aromatic rings. The summed E-state index contributed by atoms with van der Waals surface area (Å²) in [4.78, 5) is 11.9. The minimum Gasteiger partial charge on any atom is -0.508 e. The van der Waals surface area contributed by atoms with Crippen molar-refractivity contribution in [2.75, 3.05) is 20.8 Å². The van der Waals surface area contributed by atoms with E-state index in [1.807, 2.05) is 6.07 Å². The minimum absolute atomic E-state index is 0.00786. The van der Waals surface area contributed by atoms with Gasteiger partial charge < -0.3 is 14.6 Å². The zero-order chi connectivity index (χ0) is 24.0. The van der Waals surface area contributed by atoms with Gasteiger partial charge in [0.15, 0.2) is 0 Å². The lowest BCUT2D eigenvalue weighted by molar-refractivity contribution is 0.0601. The molecule has 0 aromatic heterocycles. The minimum atomic E-state index is -3.95. The van der Waals surface area contributed by atoms with Crippen molar-refractivity contribution in [3.63, 3.8) is 0 Å². The Morgan fingerprint density at radius 1 is 1.09 bits per heavy atom. The van der Waals surface area contributed by atoms with Gasteiger partial charge in [-0.15, -0.1) is 0 Å². The number of nitrogens with one attached hydrogen (secondary N) is 1. The first-order valence-electron chi connectivity index (χ1n) is 9.88. The number of hydrogen-bond donors (Lipinski definition) is 2. The molecule has 0 atom stereocenters. The average Bonchev–Trinajstić information content (AvgIpc) is 2.84. The van der Waals surface area contributed by atoms with Crippen LogP contribution in [0.1, 0.15) is 21.5 Å². The van der Waals surface area contributed by atoms with E-state index < -0.39 is 16.0 Å². The van der Waals surface area contributed by atoms with Crippen LogP contribution in [0.15, 0.2) is 65.6 Å². The molecular formula is C24H22N2O6S. The molecule has 0 amide bonds. The fourth-order valence-corrected chi connectivity index (χ4v) is 4.54. The molecule has 0 heterocycles. The smallest absolute Gasteiger partial charge is 0.338 e. The molecule has 2 N–H and O–H groups in total.